The first kappa shape index (κ1) is 20.9. The first-order chi connectivity index (χ1) is 14.5. The van der Waals surface area contributed by atoms with Gasteiger partial charge in [-0.3, -0.25) is 4.79 Å². The van der Waals surface area contributed by atoms with Crippen LogP contribution in [0.2, 0.25) is 0 Å². The first-order valence-electron chi connectivity index (χ1n) is 9.17. The Hall–Kier alpha value is -3.81. The molecule has 1 heterocycles. The quantitative estimate of drug-likeness (QED) is 0.609. The summed E-state index contributed by atoms with van der Waals surface area (Å²) in [7, 11) is 4.53. The lowest BCUT2D eigenvalue weighted by molar-refractivity contribution is -0.118. The average Bonchev–Trinajstić information content (AvgIpc) is 2.77. The highest BCUT2D eigenvalue weighted by Crippen LogP contribution is 2.39. The molecular formula is C22H23N3O5. The van der Waals surface area contributed by atoms with Crippen LogP contribution in [0.3, 0.4) is 0 Å². The Kier molecular flexibility index (Phi) is 6.69. The van der Waals surface area contributed by atoms with Gasteiger partial charge < -0.3 is 24.3 Å². The third-order valence-corrected chi connectivity index (χ3v) is 4.16. The zero-order chi connectivity index (χ0) is 21.5. The van der Waals surface area contributed by atoms with Gasteiger partial charge in [0.05, 0.1) is 21.3 Å². The van der Waals surface area contributed by atoms with Gasteiger partial charge in [-0.15, -0.1) is 0 Å². The molecule has 0 aliphatic rings. The lowest BCUT2D eigenvalue weighted by atomic mass is 10.2. The van der Waals surface area contributed by atoms with Crippen molar-refractivity contribution < 1.29 is 23.7 Å². The second-order valence-corrected chi connectivity index (χ2v) is 6.29. The van der Waals surface area contributed by atoms with Crippen molar-refractivity contribution in [2.45, 2.75) is 6.92 Å². The minimum atomic E-state index is -0.359. The van der Waals surface area contributed by atoms with Gasteiger partial charge in [-0.05, 0) is 6.92 Å². The summed E-state index contributed by atoms with van der Waals surface area (Å²) in [5.74, 6) is 1.82. The molecule has 0 bridgehead atoms. The van der Waals surface area contributed by atoms with Crippen LogP contribution in [0.1, 0.15) is 5.69 Å². The van der Waals surface area contributed by atoms with Gasteiger partial charge in [0.1, 0.15) is 0 Å². The molecule has 8 nitrogen and oxygen atoms in total. The predicted octanol–water partition coefficient (Wildman–Crippen LogP) is 3.50. The van der Waals surface area contributed by atoms with Crippen LogP contribution in [0.15, 0.2) is 48.5 Å². The van der Waals surface area contributed by atoms with Crippen LogP contribution >= 0.6 is 0 Å². The Labute approximate surface area is 174 Å². The molecule has 0 spiro atoms. The van der Waals surface area contributed by atoms with Crippen molar-refractivity contribution in [2.24, 2.45) is 0 Å². The number of methoxy groups -OCH3 is 3. The lowest BCUT2D eigenvalue weighted by Crippen LogP contribution is -2.20. The molecule has 8 heteroatoms. The van der Waals surface area contributed by atoms with Crippen molar-refractivity contribution in [1.29, 1.82) is 0 Å². The largest absolute Gasteiger partial charge is 0.493 e. The number of hydrogen-bond donors (Lipinski definition) is 1. The topological polar surface area (TPSA) is 91.8 Å². The van der Waals surface area contributed by atoms with E-state index in [1.54, 1.807) is 18.2 Å². The normalized spacial score (nSPS) is 10.3. The lowest BCUT2D eigenvalue weighted by Gasteiger charge is -2.14. The van der Waals surface area contributed by atoms with Crippen LogP contribution in [0.5, 0.6) is 23.1 Å². The zero-order valence-corrected chi connectivity index (χ0v) is 17.3. The van der Waals surface area contributed by atoms with Crippen LogP contribution < -0.4 is 24.3 Å². The molecule has 3 rings (SSSR count). The fourth-order valence-electron chi connectivity index (χ4n) is 2.82. The standard InChI is InChI=1S/C22H23N3O5/c1-14-10-20(25-22(23-14)15-8-6-5-7-9-15)30-13-19(26)24-16-11-17(27-2)21(29-4)18(12-16)28-3/h5-12H,13H2,1-4H3,(H,24,26). The molecule has 30 heavy (non-hydrogen) atoms. The van der Waals surface area contributed by atoms with E-state index >= 15 is 0 Å². The molecule has 3 aromatic rings. The Bertz CT molecular complexity index is 1000. The fourth-order valence-corrected chi connectivity index (χ4v) is 2.82. The van der Waals surface area contributed by atoms with E-state index in [0.29, 0.717) is 34.6 Å². The molecule has 1 aromatic heterocycles. The summed E-state index contributed by atoms with van der Waals surface area (Å²) in [6, 6.07) is 14.5. The number of hydrogen-bond acceptors (Lipinski definition) is 7. The first-order valence-corrected chi connectivity index (χ1v) is 9.17. The SMILES string of the molecule is COc1cc(NC(=O)COc2cc(C)nc(-c3ccccc3)n2)cc(OC)c1OC. The van der Waals surface area contributed by atoms with Gasteiger partial charge in [-0.25, -0.2) is 4.98 Å². The fraction of sp³-hybridized carbons (Fsp3) is 0.227. The summed E-state index contributed by atoms with van der Waals surface area (Å²) in [6.45, 7) is 1.62. The van der Waals surface area contributed by atoms with Crippen molar-refractivity contribution in [3.05, 3.63) is 54.2 Å². The molecule has 1 amide bonds. The number of carbonyl (C=O) groups is 1. The molecule has 0 aliphatic heterocycles. The number of aromatic nitrogens is 2. The van der Waals surface area contributed by atoms with E-state index in [9.17, 15) is 4.79 Å². The van der Waals surface area contributed by atoms with Crippen LogP contribution in [-0.4, -0.2) is 43.8 Å². The number of rotatable bonds is 8. The van der Waals surface area contributed by atoms with Gasteiger partial charge >= 0.3 is 0 Å². The minimum Gasteiger partial charge on any atom is -0.493 e. The number of carbonyl (C=O) groups excluding carboxylic acids is 1. The Morgan fingerprint density at radius 1 is 0.933 bits per heavy atom. The van der Waals surface area contributed by atoms with E-state index in [1.807, 2.05) is 37.3 Å². The van der Waals surface area contributed by atoms with Crippen molar-refractivity contribution in [1.82, 2.24) is 9.97 Å². The maximum atomic E-state index is 12.4. The monoisotopic (exact) mass is 409 g/mol. The molecule has 0 atom stereocenters. The third-order valence-electron chi connectivity index (χ3n) is 4.16. The zero-order valence-electron chi connectivity index (χ0n) is 17.3. The third kappa shape index (κ3) is 4.96. The van der Waals surface area contributed by atoms with Crippen LogP contribution in [-0.2, 0) is 4.79 Å². The van der Waals surface area contributed by atoms with Crippen LogP contribution in [0.25, 0.3) is 11.4 Å². The van der Waals surface area contributed by atoms with Gasteiger partial charge in [0.15, 0.2) is 23.9 Å². The molecule has 0 saturated carbocycles. The predicted molar refractivity (Wildman–Crippen MR) is 112 cm³/mol. The van der Waals surface area contributed by atoms with E-state index in [1.165, 1.54) is 21.3 Å². The average molecular weight is 409 g/mol. The maximum Gasteiger partial charge on any atom is 0.262 e. The van der Waals surface area contributed by atoms with Crippen molar-refractivity contribution in [3.63, 3.8) is 0 Å². The molecule has 2 aromatic carbocycles. The smallest absolute Gasteiger partial charge is 0.262 e. The number of benzene rings is 2. The molecule has 0 aliphatic carbocycles. The van der Waals surface area contributed by atoms with E-state index in [2.05, 4.69) is 15.3 Å². The van der Waals surface area contributed by atoms with Gasteiger partial charge in [0.2, 0.25) is 11.6 Å². The van der Waals surface area contributed by atoms with Crippen molar-refractivity contribution in [3.8, 4) is 34.5 Å². The van der Waals surface area contributed by atoms with Gasteiger partial charge in [-0.2, -0.15) is 4.98 Å². The van der Waals surface area contributed by atoms with Crippen molar-refractivity contribution in [2.75, 3.05) is 33.3 Å². The van der Waals surface area contributed by atoms with Gasteiger partial charge in [-0.1, -0.05) is 30.3 Å². The summed E-state index contributed by atoms with van der Waals surface area (Å²) < 4.78 is 21.5. The van der Waals surface area contributed by atoms with Crippen LogP contribution in [0, 0.1) is 6.92 Å². The summed E-state index contributed by atoms with van der Waals surface area (Å²) in [5.41, 5.74) is 2.10. The molecule has 1 N–H and O–H groups in total. The molecule has 0 radical (unpaired) electrons. The van der Waals surface area contributed by atoms with Gasteiger partial charge in [0, 0.05) is 35.1 Å². The second kappa shape index (κ2) is 9.60. The number of ether oxygens (including phenoxy) is 4. The number of nitrogens with zero attached hydrogens (tertiary/aromatic N) is 2. The molecule has 156 valence electrons. The summed E-state index contributed by atoms with van der Waals surface area (Å²) in [5, 5.41) is 2.75. The highest BCUT2D eigenvalue weighted by Gasteiger charge is 2.15. The highest BCUT2D eigenvalue weighted by molar-refractivity contribution is 5.92. The van der Waals surface area contributed by atoms with E-state index in [-0.39, 0.29) is 12.5 Å². The molecule has 0 saturated heterocycles. The maximum absolute atomic E-state index is 12.4. The van der Waals surface area contributed by atoms with E-state index in [0.717, 1.165) is 11.3 Å². The van der Waals surface area contributed by atoms with Crippen molar-refractivity contribution >= 4 is 11.6 Å². The number of aryl methyl sites for hydroxylation is 1. The van der Waals surface area contributed by atoms with E-state index in [4.69, 9.17) is 18.9 Å². The summed E-state index contributed by atoms with van der Waals surface area (Å²) in [4.78, 5) is 21.2. The second-order valence-electron chi connectivity index (χ2n) is 6.29. The highest BCUT2D eigenvalue weighted by atomic mass is 16.5. The Balaban J connectivity index is 1.70. The van der Waals surface area contributed by atoms with E-state index < -0.39 is 0 Å². The summed E-state index contributed by atoms with van der Waals surface area (Å²) in [6.07, 6.45) is 0. The Morgan fingerprint density at radius 2 is 1.60 bits per heavy atom. The minimum absolute atomic E-state index is 0.221. The Morgan fingerprint density at radius 3 is 2.20 bits per heavy atom. The van der Waals surface area contributed by atoms with Crippen LogP contribution in [0.4, 0.5) is 5.69 Å². The molecular weight excluding hydrogens is 386 g/mol. The number of nitrogens with one attached hydrogen (secondary N) is 1. The molecule has 0 fully saturated rings. The molecule has 0 unspecified atom stereocenters. The number of anilines is 1. The summed E-state index contributed by atoms with van der Waals surface area (Å²) >= 11 is 0. The number of amides is 1. The van der Waals surface area contributed by atoms with Gasteiger partial charge in [0.25, 0.3) is 5.91 Å².